The minimum atomic E-state index is 0.784. The van der Waals surface area contributed by atoms with Crippen LogP contribution in [0.4, 0.5) is 17.5 Å². The van der Waals surface area contributed by atoms with E-state index in [1.807, 2.05) is 49.6 Å². The molecular formula is C22H28N6. The van der Waals surface area contributed by atoms with Gasteiger partial charge in [0.2, 0.25) is 0 Å². The van der Waals surface area contributed by atoms with E-state index >= 15 is 0 Å². The lowest BCUT2D eigenvalue weighted by Gasteiger charge is -2.11. The van der Waals surface area contributed by atoms with Crippen LogP contribution in [0.1, 0.15) is 23.9 Å². The zero-order valence-electron chi connectivity index (χ0n) is 16.6. The van der Waals surface area contributed by atoms with Crippen molar-refractivity contribution >= 4 is 17.5 Å². The normalized spacial score (nSPS) is 10.5. The highest BCUT2D eigenvalue weighted by Crippen LogP contribution is 2.14. The van der Waals surface area contributed by atoms with Crippen molar-refractivity contribution in [2.45, 2.75) is 26.2 Å². The van der Waals surface area contributed by atoms with Gasteiger partial charge in [-0.15, -0.1) is 0 Å². The Morgan fingerprint density at radius 2 is 1.54 bits per heavy atom. The molecule has 0 aromatic carbocycles. The molecule has 0 fully saturated rings. The third kappa shape index (κ3) is 5.67. The third-order valence-corrected chi connectivity index (χ3v) is 4.50. The van der Waals surface area contributed by atoms with Crippen LogP contribution in [0.3, 0.4) is 0 Å². The molecule has 0 radical (unpaired) electrons. The molecule has 146 valence electrons. The number of aryl methyl sites for hydroxylation is 1. The van der Waals surface area contributed by atoms with Crippen LogP contribution in [0.15, 0.2) is 54.7 Å². The van der Waals surface area contributed by atoms with Gasteiger partial charge in [-0.1, -0.05) is 25.1 Å². The van der Waals surface area contributed by atoms with Crippen molar-refractivity contribution in [2.24, 2.45) is 0 Å². The topological polar surface area (TPSA) is 74.8 Å². The largest absolute Gasteiger partial charge is 0.373 e. The van der Waals surface area contributed by atoms with Gasteiger partial charge in [0.15, 0.2) is 0 Å². The zero-order chi connectivity index (χ0) is 19.6. The first-order chi connectivity index (χ1) is 13.8. The summed E-state index contributed by atoms with van der Waals surface area (Å²) in [5, 5.41) is 9.92. The average Bonchev–Trinajstić information content (AvgIpc) is 2.75. The number of anilines is 3. The molecule has 0 bridgehead atoms. The Hall–Kier alpha value is -3.15. The van der Waals surface area contributed by atoms with E-state index in [0.717, 1.165) is 61.2 Å². The van der Waals surface area contributed by atoms with Crippen molar-refractivity contribution in [3.8, 4) is 0 Å². The standard InChI is InChI=1S/C22H28N6/c1-3-17-10-11-19(27-22(17)23-2)13-16-26-21-9-6-8-20(28-21)25-15-12-18-7-4-5-14-24-18/h4-11,14H,3,12-13,15-16H2,1-2H3,(H,23,27)(H2,25,26,28). The van der Waals surface area contributed by atoms with E-state index in [2.05, 4.69) is 45.0 Å². The minimum Gasteiger partial charge on any atom is -0.373 e. The first-order valence-electron chi connectivity index (χ1n) is 9.79. The molecule has 3 N–H and O–H groups in total. The molecule has 0 spiro atoms. The molecule has 0 saturated heterocycles. The molecule has 0 aliphatic rings. The fraction of sp³-hybridized carbons (Fsp3) is 0.318. The molecule has 3 heterocycles. The summed E-state index contributed by atoms with van der Waals surface area (Å²) in [7, 11) is 1.92. The lowest BCUT2D eigenvalue weighted by Crippen LogP contribution is -2.11. The van der Waals surface area contributed by atoms with E-state index < -0.39 is 0 Å². The molecular weight excluding hydrogens is 348 g/mol. The van der Waals surface area contributed by atoms with E-state index in [1.165, 1.54) is 5.56 Å². The second-order valence-corrected chi connectivity index (χ2v) is 6.50. The highest BCUT2D eigenvalue weighted by Gasteiger charge is 2.04. The Kier molecular flexibility index (Phi) is 7.18. The summed E-state index contributed by atoms with van der Waals surface area (Å²) in [5.74, 6) is 2.70. The van der Waals surface area contributed by atoms with Gasteiger partial charge in [-0.3, -0.25) is 4.98 Å². The summed E-state index contributed by atoms with van der Waals surface area (Å²) < 4.78 is 0. The van der Waals surface area contributed by atoms with Crippen LogP contribution in [0.2, 0.25) is 0 Å². The van der Waals surface area contributed by atoms with Crippen LogP contribution in [-0.4, -0.2) is 35.1 Å². The summed E-state index contributed by atoms with van der Waals surface area (Å²) in [6, 6.07) is 16.2. The lowest BCUT2D eigenvalue weighted by atomic mass is 10.1. The van der Waals surface area contributed by atoms with Crippen molar-refractivity contribution in [1.82, 2.24) is 15.0 Å². The van der Waals surface area contributed by atoms with Crippen LogP contribution >= 0.6 is 0 Å². The van der Waals surface area contributed by atoms with E-state index in [1.54, 1.807) is 0 Å². The average molecular weight is 377 g/mol. The Balaban J connectivity index is 1.48. The van der Waals surface area contributed by atoms with Gasteiger partial charge in [-0.2, -0.15) is 0 Å². The van der Waals surface area contributed by atoms with Gasteiger partial charge in [0.05, 0.1) is 0 Å². The van der Waals surface area contributed by atoms with E-state index in [0.29, 0.717) is 0 Å². The van der Waals surface area contributed by atoms with Crippen LogP contribution < -0.4 is 16.0 Å². The maximum absolute atomic E-state index is 4.69. The van der Waals surface area contributed by atoms with Crippen LogP contribution in [0, 0.1) is 0 Å². The van der Waals surface area contributed by atoms with Crippen molar-refractivity contribution in [3.63, 3.8) is 0 Å². The van der Waals surface area contributed by atoms with Gasteiger partial charge in [0.1, 0.15) is 17.5 Å². The quantitative estimate of drug-likeness (QED) is 0.500. The summed E-state index contributed by atoms with van der Waals surface area (Å²) in [4.78, 5) is 13.6. The van der Waals surface area contributed by atoms with E-state index in [9.17, 15) is 0 Å². The lowest BCUT2D eigenvalue weighted by molar-refractivity contribution is 0.938. The molecule has 0 amide bonds. The van der Waals surface area contributed by atoms with Gasteiger partial charge in [-0.05, 0) is 42.3 Å². The number of hydrogen-bond acceptors (Lipinski definition) is 6. The van der Waals surface area contributed by atoms with Crippen LogP contribution in [-0.2, 0) is 19.3 Å². The van der Waals surface area contributed by atoms with Crippen molar-refractivity contribution in [3.05, 3.63) is 71.7 Å². The smallest absolute Gasteiger partial charge is 0.129 e. The molecule has 3 rings (SSSR count). The van der Waals surface area contributed by atoms with Gasteiger partial charge >= 0.3 is 0 Å². The monoisotopic (exact) mass is 376 g/mol. The molecule has 3 aromatic rings. The fourth-order valence-electron chi connectivity index (χ4n) is 2.98. The van der Waals surface area contributed by atoms with E-state index in [-0.39, 0.29) is 0 Å². The number of hydrogen-bond donors (Lipinski definition) is 3. The predicted octanol–water partition coefficient (Wildman–Crippen LogP) is 3.78. The number of nitrogens with zero attached hydrogens (tertiary/aromatic N) is 3. The maximum atomic E-state index is 4.69. The van der Waals surface area contributed by atoms with Crippen LogP contribution in [0.5, 0.6) is 0 Å². The molecule has 3 aromatic heterocycles. The fourth-order valence-corrected chi connectivity index (χ4v) is 2.98. The van der Waals surface area contributed by atoms with Crippen LogP contribution in [0.25, 0.3) is 0 Å². The molecule has 6 heteroatoms. The van der Waals surface area contributed by atoms with Gasteiger partial charge < -0.3 is 16.0 Å². The Bertz CT molecular complexity index is 866. The number of aromatic nitrogens is 3. The minimum absolute atomic E-state index is 0.784. The molecule has 0 aliphatic heterocycles. The van der Waals surface area contributed by atoms with Gasteiger partial charge in [0, 0.05) is 50.6 Å². The number of nitrogens with one attached hydrogen (secondary N) is 3. The van der Waals surface area contributed by atoms with Crippen molar-refractivity contribution in [1.29, 1.82) is 0 Å². The molecule has 0 atom stereocenters. The number of pyridine rings is 3. The predicted molar refractivity (Wildman–Crippen MR) is 116 cm³/mol. The van der Waals surface area contributed by atoms with Crippen molar-refractivity contribution < 1.29 is 0 Å². The van der Waals surface area contributed by atoms with Crippen molar-refractivity contribution in [2.75, 3.05) is 36.1 Å². The first kappa shape index (κ1) is 19.6. The van der Waals surface area contributed by atoms with Gasteiger partial charge in [-0.25, -0.2) is 9.97 Å². The zero-order valence-corrected chi connectivity index (χ0v) is 16.6. The molecule has 28 heavy (non-hydrogen) atoms. The molecule has 0 saturated carbocycles. The van der Waals surface area contributed by atoms with E-state index in [4.69, 9.17) is 4.98 Å². The maximum Gasteiger partial charge on any atom is 0.129 e. The highest BCUT2D eigenvalue weighted by molar-refractivity contribution is 5.46. The SMILES string of the molecule is CCc1ccc(CCNc2cccc(NCCc3ccccn3)n2)nc1NC. The Morgan fingerprint density at radius 1 is 0.786 bits per heavy atom. The summed E-state index contributed by atoms with van der Waals surface area (Å²) >= 11 is 0. The Morgan fingerprint density at radius 3 is 2.18 bits per heavy atom. The Labute approximate surface area is 166 Å². The second kappa shape index (κ2) is 10.3. The summed E-state index contributed by atoms with van der Waals surface area (Å²) in [5.41, 5.74) is 3.39. The molecule has 0 unspecified atom stereocenters. The number of rotatable bonds is 10. The molecule has 6 nitrogen and oxygen atoms in total. The van der Waals surface area contributed by atoms with Gasteiger partial charge in [0.25, 0.3) is 0 Å². The molecule has 0 aliphatic carbocycles. The summed E-state index contributed by atoms with van der Waals surface area (Å²) in [6.07, 6.45) is 4.51. The second-order valence-electron chi connectivity index (χ2n) is 6.50. The first-order valence-corrected chi connectivity index (χ1v) is 9.79. The summed E-state index contributed by atoms with van der Waals surface area (Å²) in [6.45, 7) is 3.72. The highest BCUT2D eigenvalue weighted by atomic mass is 15.1. The third-order valence-electron chi connectivity index (χ3n) is 4.50.